The van der Waals surface area contributed by atoms with E-state index in [1.165, 1.54) is 5.56 Å². The highest BCUT2D eigenvalue weighted by Gasteiger charge is 2.19. The Hall–Kier alpha value is -0.860. The van der Waals surface area contributed by atoms with E-state index in [4.69, 9.17) is 5.26 Å². The molecule has 0 heterocycles. The van der Waals surface area contributed by atoms with E-state index in [2.05, 4.69) is 11.0 Å². The van der Waals surface area contributed by atoms with Crippen molar-refractivity contribution in [1.29, 1.82) is 0 Å². The van der Waals surface area contributed by atoms with Crippen LogP contribution in [0.15, 0.2) is 24.3 Å². The maximum atomic E-state index is 8.64. The zero-order valence-electron chi connectivity index (χ0n) is 6.86. The zero-order chi connectivity index (χ0) is 8.39. The van der Waals surface area contributed by atoms with Crippen LogP contribution in [0.4, 0.5) is 0 Å². The summed E-state index contributed by atoms with van der Waals surface area (Å²) in [5, 5.41) is 8.64. The number of hydrogen-bond acceptors (Lipinski definition) is 2. The quantitative estimate of drug-likeness (QED) is 0.510. The normalized spacial score (nSPS) is 21.9. The topological polar surface area (TPSA) is 29.5 Å². The summed E-state index contributed by atoms with van der Waals surface area (Å²) in [4.78, 5) is 4.42. The summed E-state index contributed by atoms with van der Waals surface area (Å²) in [6.07, 6.45) is 3.03. The lowest BCUT2D eigenvalue weighted by Crippen LogP contribution is -2.10. The van der Waals surface area contributed by atoms with Gasteiger partial charge in [0.25, 0.3) is 0 Å². The lowest BCUT2D eigenvalue weighted by molar-refractivity contribution is -0.284. The molecule has 1 aliphatic rings. The van der Waals surface area contributed by atoms with Gasteiger partial charge in [0.05, 0.1) is 0 Å². The Labute approximate surface area is 71.7 Å². The molecule has 2 heteroatoms. The Kier molecular flexibility index (Phi) is 2.11. The van der Waals surface area contributed by atoms with Gasteiger partial charge in [-0.15, -0.1) is 0 Å². The van der Waals surface area contributed by atoms with Gasteiger partial charge in [-0.25, -0.2) is 4.89 Å². The molecule has 0 aliphatic heterocycles. The van der Waals surface area contributed by atoms with Gasteiger partial charge in [-0.05, 0) is 30.4 Å². The fourth-order valence-corrected chi connectivity index (χ4v) is 1.82. The van der Waals surface area contributed by atoms with Gasteiger partial charge in [-0.3, -0.25) is 5.26 Å². The predicted molar refractivity (Wildman–Crippen MR) is 45.8 cm³/mol. The van der Waals surface area contributed by atoms with Crippen molar-refractivity contribution in [3.8, 4) is 0 Å². The summed E-state index contributed by atoms with van der Waals surface area (Å²) in [6.45, 7) is 0. The number of aryl methyl sites for hydroxylation is 1. The molecule has 12 heavy (non-hydrogen) atoms. The van der Waals surface area contributed by atoms with Crippen LogP contribution < -0.4 is 0 Å². The van der Waals surface area contributed by atoms with Crippen molar-refractivity contribution in [2.75, 3.05) is 0 Å². The van der Waals surface area contributed by atoms with E-state index in [9.17, 15) is 0 Å². The average molecular weight is 164 g/mol. The van der Waals surface area contributed by atoms with Gasteiger partial charge in [0.2, 0.25) is 0 Å². The predicted octanol–water partition coefficient (Wildman–Crippen LogP) is 2.55. The van der Waals surface area contributed by atoms with E-state index in [0.29, 0.717) is 0 Å². The van der Waals surface area contributed by atoms with Crippen LogP contribution >= 0.6 is 0 Å². The van der Waals surface area contributed by atoms with Gasteiger partial charge in [0.1, 0.15) is 6.10 Å². The molecule has 2 nitrogen and oxygen atoms in total. The summed E-state index contributed by atoms with van der Waals surface area (Å²) in [6, 6.07) is 8.13. The van der Waals surface area contributed by atoms with Crippen molar-refractivity contribution in [2.24, 2.45) is 0 Å². The van der Waals surface area contributed by atoms with E-state index in [1.807, 2.05) is 18.2 Å². The van der Waals surface area contributed by atoms with Crippen LogP contribution in [0, 0.1) is 0 Å². The number of benzene rings is 1. The highest BCUT2D eigenvalue weighted by molar-refractivity contribution is 5.30. The van der Waals surface area contributed by atoms with Crippen LogP contribution in [0.25, 0.3) is 0 Å². The van der Waals surface area contributed by atoms with Gasteiger partial charge in [-0.2, -0.15) is 0 Å². The number of hydrogen-bond donors (Lipinski definition) is 1. The van der Waals surface area contributed by atoms with Crippen LogP contribution in [0.3, 0.4) is 0 Å². The lowest BCUT2D eigenvalue weighted by atomic mass is 9.90. The minimum atomic E-state index is -0.102. The Morgan fingerprint density at radius 2 is 2.17 bits per heavy atom. The van der Waals surface area contributed by atoms with Gasteiger partial charge in [0, 0.05) is 0 Å². The molecule has 0 spiro atoms. The van der Waals surface area contributed by atoms with Gasteiger partial charge in [0.15, 0.2) is 0 Å². The van der Waals surface area contributed by atoms with Crippen LogP contribution in [0.5, 0.6) is 0 Å². The summed E-state index contributed by atoms with van der Waals surface area (Å²) >= 11 is 0. The maximum absolute atomic E-state index is 8.64. The molecule has 64 valence electrons. The molecule has 1 atom stereocenters. The molecular formula is C10H12O2. The molecule has 1 aliphatic carbocycles. The zero-order valence-corrected chi connectivity index (χ0v) is 6.86. The first-order chi connectivity index (χ1) is 5.92. The molecule has 1 aromatic carbocycles. The van der Waals surface area contributed by atoms with E-state index in [1.54, 1.807) is 0 Å². The molecule has 0 bridgehead atoms. The summed E-state index contributed by atoms with van der Waals surface area (Å²) in [5.41, 5.74) is 2.45. The highest BCUT2D eigenvalue weighted by Crippen LogP contribution is 2.31. The molecular weight excluding hydrogens is 152 g/mol. The van der Waals surface area contributed by atoms with E-state index >= 15 is 0 Å². The minimum Gasteiger partial charge on any atom is -0.251 e. The molecule has 2 rings (SSSR count). The molecule has 0 aromatic heterocycles. The summed E-state index contributed by atoms with van der Waals surface area (Å²) in [5.74, 6) is 0. The van der Waals surface area contributed by atoms with Crippen LogP contribution in [0.1, 0.15) is 30.1 Å². The third kappa shape index (κ3) is 1.24. The Morgan fingerprint density at radius 1 is 1.33 bits per heavy atom. The summed E-state index contributed by atoms with van der Waals surface area (Å²) < 4.78 is 0. The fourth-order valence-electron chi connectivity index (χ4n) is 1.82. The minimum absolute atomic E-state index is 0.102. The van der Waals surface area contributed by atoms with Crippen molar-refractivity contribution in [2.45, 2.75) is 25.4 Å². The largest absolute Gasteiger partial charge is 0.251 e. The number of rotatable bonds is 1. The fraction of sp³-hybridized carbons (Fsp3) is 0.400. The Balaban J connectivity index is 2.37. The van der Waals surface area contributed by atoms with Crippen molar-refractivity contribution in [3.63, 3.8) is 0 Å². The van der Waals surface area contributed by atoms with Crippen LogP contribution in [0.2, 0.25) is 0 Å². The van der Waals surface area contributed by atoms with Crippen molar-refractivity contribution in [1.82, 2.24) is 0 Å². The smallest absolute Gasteiger partial charge is 0.118 e. The van der Waals surface area contributed by atoms with Crippen molar-refractivity contribution >= 4 is 0 Å². The Morgan fingerprint density at radius 3 is 3.00 bits per heavy atom. The van der Waals surface area contributed by atoms with Gasteiger partial charge in [-0.1, -0.05) is 24.3 Å². The van der Waals surface area contributed by atoms with Gasteiger partial charge >= 0.3 is 0 Å². The molecule has 0 saturated heterocycles. The van der Waals surface area contributed by atoms with Crippen molar-refractivity contribution < 1.29 is 10.1 Å². The van der Waals surface area contributed by atoms with E-state index in [-0.39, 0.29) is 6.10 Å². The molecule has 0 amide bonds. The lowest BCUT2D eigenvalue weighted by Gasteiger charge is -2.22. The first-order valence-electron chi connectivity index (χ1n) is 4.30. The maximum Gasteiger partial charge on any atom is 0.118 e. The SMILES string of the molecule is OOC1CCCc2ccccc21. The third-order valence-corrected chi connectivity index (χ3v) is 2.44. The number of fused-ring (bicyclic) bond motifs is 1. The molecule has 0 saturated carbocycles. The Bertz CT molecular complexity index is 270. The molecule has 0 fully saturated rings. The second-order valence-corrected chi connectivity index (χ2v) is 3.19. The highest BCUT2D eigenvalue weighted by atomic mass is 17.1. The van der Waals surface area contributed by atoms with Crippen LogP contribution in [-0.4, -0.2) is 5.26 Å². The van der Waals surface area contributed by atoms with E-state index < -0.39 is 0 Å². The van der Waals surface area contributed by atoms with Gasteiger partial charge < -0.3 is 0 Å². The van der Waals surface area contributed by atoms with Crippen molar-refractivity contribution in [3.05, 3.63) is 35.4 Å². The second kappa shape index (κ2) is 3.25. The molecule has 1 N–H and O–H groups in total. The summed E-state index contributed by atoms with van der Waals surface area (Å²) in [7, 11) is 0. The standard InChI is InChI=1S/C10H12O2/c11-12-10-7-3-5-8-4-1-2-6-9(8)10/h1-2,4,6,10-11H,3,5,7H2. The third-order valence-electron chi connectivity index (χ3n) is 2.44. The average Bonchev–Trinajstić information content (AvgIpc) is 2.17. The van der Waals surface area contributed by atoms with E-state index in [0.717, 1.165) is 24.8 Å². The molecule has 0 radical (unpaired) electrons. The van der Waals surface area contributed by atoms with Crippen LogP contribution in [-0.2, 0) is 11.3 Å². The molecule has 1 unspecified atom stereocenters. The first kappa shape index (κ1) is 7.77. The molecule has 1 aromatic rings. The first-order valence-corrected chi connectivity index (χ1v) is 4.30. The second-order valence-electron chi connectivity index (χ2n) is 3.19. The monoisotopic (exact) mass is 164 g/mol.